The van der Waals surface area contributed by atoms with E-state index < -0.39 is 0 Å². The van der Waals surface area contributed by atoms with Crippen molar-refractivity contribution in [2.24, 2.45) is 5.92 Å². The van der Waals surface area contributed by atoms with Gasteiger partial charge in [-0.2, -0.15) is 0 Å². The monoisotopic (exact) mass is 310 g/mol. The van der Waals surface area contributed by atoms with Gasteiger partial charge in [0, 0.05) is 38.7 Å². The molecule has 1 aliphatic rings. The lowest BCUT2D eigenvalue weighted by atomic mass is 9.96. The van der Waals surface area contributed by atoms with Gasteiger partial charge >= 0.3 is 6.03 Å². The Bertz CT molecular complexity index is 509. The van der Waals surface area contributed by atoms with Crippen LogP contribution in [0.5, 0.6) is 0 Å². The maximum absolute atomic E-state index is 12.1. The molecule has 1 fully saturated rings. The zero-order chi connectivity index (χ0) is 15.9. The summed E-state index contributed by atoms with van der Waals surface area (Å²) < 4.78 is 9.80. The molecule has 0 spiro atoms. The van der Waals surface area contributed by atoms with Crippen LogP contribution in [-0.2, 0) is 9.53 Å². The van der Waals surface area contributed by atoms with Crippen molar-refractivity contribution in [3.05, 3.63) is 11.8 Å². The van der Waals surface area contributed by atoms with Gasteiger partial charge in [0.25, 0.3) is 0 Å². The first kappa shape index (κ1) is 16.3. The van der Waals surface area contributed by atoms with E-state index >= 15 is 0 Å². The number of aromatic nitrogens is 1. The normalized spacial score (nSPS) is 15.6. The lowest BCUT2D eigenvalue weighted by Gasteiger charge is -2.31. The summed E-state index contributed by atoms with van der Waals surface area (Å²) in [5.41, 5.74) is 0. The predicted octanol–water partition coefficient (Wildman–Crippen LogP) is 0.990. The molecule has 1 aliphatic heterocycles. The number of rotatable bonds is 5. The summed E-state index contributed by atoms with van der Waals surface area (Å²) in [6, 6.07) is 1.57. The van der Waals surface area contributed by atoms with Crippen LogP contribution in [0, 0.1) is 12.8 Å². The Kier molecular flexibility index (Phi) is 5.76. The van der Waals surface area contributed by atoms with E-state index in [4.69, 9.17) is 9.26 Å². The van der Waals surface area contributed by atoms with Gasteiger partial charge in [-0.25, -0.2) is 4.79 Å². The van der Waals surface area contributed by atoms with Gasteiger partial charge in [-0.3, -0.25) is 4.79 Å². The highest BCUT2D eigenvalue weighted by Crippen LogP contribution is 2.19. The first-order valence-electron chi connectivity index (χ1n) is 7.36. The van der Waals surface area contributed by atoms with Crippen molar-refractivity contribution in [3.63, 3.8) is 0 Å². The third-order valence-electron chi connectivity index (χ3n) is 3.61. The van der Waals surface area contributed by atoms with Gasteiger partial charge in [-0.05, 0) is 19.8 Å². The number of aryl methyl sites for hydroxylation is 1. The molecule has 0 bridgehead atoms. The first-order valence-corrected chi connectivity index (χ1v) is 7.36. The van der Waals surface area contributed by atoms with E-state index in [0.717, 1.165) is 0 Å². The number of nitrogens with zero attached hydrogens (tertiary/aromatic N) is 2. The quantitative estimate of drug-likeness (QED) is 0.791. The van der Waals surface area contributed by atoms with Gasteiger partial charge in [0.1, 0.15) is 5.76 Å². The first-order chi connectivity index (χ1) is 10.6. The number of methoxy groups -OCH3 is 1. The predicted molar refractivity (Wildman–Crippen MR) is 79.4 cm³/mol. The van der Waals surface area contributed by atoms with E-state index in [1.54, 1.807) is 25.0 Å². The minimum Gasteiger partial charge on any atom is -0.383 e. The van der Waals surface area contributed by atoms with Crippen LogP contribution in [0.2, 0.25) is 0 Å². The van der Waals surface area contributed by atoms with Gasteiger partial charge in [0.15, 0.2) is 5.82 Å². The Hall–Kier alpha value is -2.09. The minimum absolute atomic E-state index is 0.0762. The number of carbonyl (C=O) groups excluding carboxylic acids is 2. The van der Waals surface area contributed by atoms with Crippen molar-refractivity contribution < 1.29 is 18.8 Å². The Morgan fingerprint density at radius 3 is 2.77 bits per heavy atom. The highest BCUT2D eigenvalue weighted by atomic mass is 16.5. The van der Waals surface area contributed by atoms with E-state index in [2.05, 4.69) is 15.8 Å². The third kappa shape index (κ3) is 4.45. The Morgan fingerprint density at radius 1 is 1.45 bits per heavy atom. The molecule has 2 N–H and O–H groups in total. The van der Waals surface area contributed by atoms with Crippen LogP contribution in [0.1, 0.15) is 18.6 Å². The van der Waals surface area contributed by atoms with E-state index in [1.165, 1.54) is 0 Å². The maximum Gasteiger partial charge on any atom is 0.317 e. The van der Waals surface area contributed by atoms with Crippen LogP contribution < -0.4 is 10.6 Å². The molecule has 2 heterocycles. The van der Waals surface area contributed by atoms with Crippen molar-refractivity contribution in [1.29, 1.82) is 0 Å². The van der Waals surface area contributed by atoms with E-state index in [0.29, 0.717) is 50.7 Å². The van der Waals surface area contributed by atoms with Crippen LogP contribution in [0.15, 0.2) is 10.6 Å². The summed E-state index contributed by atoms with van der Waals surface area (Å²) in [6.07, 6.45) is 1.28. The van der Waals surface area contributed by atoms with Crippen LogP contribution in [0.4, 0.5) is 10.6 Å². The smallest absolute Gasteiger partial charge is 0.317 e. The fourth-order valence-corrected chi connectivity index (χ4v) is 2.37. The average molecular weight is 310 g/mol. The lowest BCUT2D eigenvalue weighted by molar-refractivity contribution is -0.121. The van der Waals surface area contributed by atoms with E-state index in [-0.39, 0.29) is 17.9 Å². The number of hydrogen-bond acceptors (Lipinski definition) is 5. The number of ether oxygens (including phenoxy) is 1. The number of urea groups is 1. The van der Waals surface area contributed by atoms with Gasteiger partial charge in [0.05, 0.1) is 6.61 Å². The van der Waals surface area contributed by atoms with Crippen molar-refractivity contribution in [2.45, 2.75) is 19.8 Å². The zero-order valence-corrected chi connectivity index (χ0v) is 12.9. The second-order valence-corrected chi connectivity index (χ2v) is 5.30. The second kappa shape index (κ2) is 7.79. The van der Waals surface area contributed by atoms with Gasteiger partial charge < -0.3 is 24.8 Å². The molecule has 22 heavy (non-hydrogen) atoms. The molecule has 0 saturated carbocycles. The molecule has 1 aromatic rings. The molecule has 0 atom stereocenters. The maximum atomic E-state index is 12.1. The molecule has 2 rings (SSSR count). The largest absolute Gasteiger partial charge is 0.383 e. The summed E-state index contributed by atoms with van der Waals surface area (Å²) in [5.74, 6) is 0.896. The topological polar surface area (TPSA) is 96.7 Å². The highest BCUT2D eigenvalue weighted by Gasteiger charge is 2.27. The number of likely N-dealkylation sites (tertiary alicyclic amines) is 1. The molecule has 0 aromatic carbocycles. The molecule has 3 amide bonds. The molecule has 122 valence electrons. The van der Waals surface area contributed by atoms with Gasteiger partial charge in [-0.15, -0.1) is 0 Å². The molecule has 1 aromatic heterocycles. The van der Waals surface area contributed by atoms with Crippen LogP contribution in [0.3, 0.4) is 0 Å². The molecule has 8 nitrogen and oxygen atoms in total. The van der Waals surface area contributed by atoms with Crippen LogP contribution in [0.25, 0.3) is 0 Å². The molecule has 0 radical (unpaired) electrons. The summed E-state index contributed by atoms with van der Waals surface area (Å²) in [5, 5.41) is 9.26. The molecular weight excluding hydrogens is 288 g/mol. The summed E-state index contributed by atoms with van der Waals surface area (Å²) >= 11 is 0. The fraction of sp³-hybridized carbons (Fsp3) is 0.643. The van der Waals surface area contributed by atoms with Crippen molar-refractivity contribution in [2.75, 3.05) is 38.7 Å². The number of hydrogen-bond donors (Lipinski definition) is 2. The Labute approximate surface area is 129 Å². The fourth-order valence-electron chi connectivity index (χ4n) is 2.37. The molecular formula is C14H22N4O4. The zero-order valence-electron chi connectivity index (χ0n) is 12.9. The van der Waals surface area contributed by atoms with Crippen LogP contribution >= 0.6 is 0 Å². The second-order valence-electron chi connectivity index (χ2n) is 5.30. The number of carbonyl (C=O) groups is 2. The summed E-state index contributed by atoms with van der Waals surface area (Å²) in [7, 11) is 1.59. The Morgan fingerprint density at radius 2 is 2.18 bits per heavy atom. The number of piperidine rings is 1. The molecule has 1 saturated heterocycles. The summed E-state index contributed by atoms with van der Waals surface area (Å²) in [4.78, 5) is 25.7. The van der Waals surface area contributed by atoms with Gasteiger partial charge in [0.2, 0.25) is 5.91 Å². The highest BCUT2D eigenvalue weighted by molar-refractivity contribution is 5.91. The van der Waals surface area contributed by atoms with E-state index in [9.17, 15) is 9.59 Å². The number of anilines is 1. The SMILES string of the molecule is COCCNC(=O)N1CCC(C(=O)Nc2cc(C)on2)CC1. The Balaban J connectivity index is 1.74. The molecule has 0 aliphatic carbocycles. The number of nitrogens with one attached hydrogen (secondary N) is 2. The molecule has 8 heteroatoms. The summed E-state index contributed by atoms with van der Waals surface area (Å²) in [6.45, 7) is 3.87. The van der Waals surface area contributed by atoms with Crippen molar-refractivity contribution >= 4 is 17.8 Å². The van der Waals surface area contributed by atoms with E-state index in [1.807, 2.05) is 0 Å². The average Bonchev–Trinajstić information content (AvgIpc) is 2.92. The van der Waals surface area contributed by atoms with Crippen LogP contribution in [-0.4, -0.2) is 55.3 Å². The minimum atomic E-state index is -0.111. The van der Waals surface area contributed by atoms with Crippen molar-refractivity contribution in [3.8, 4) is 0 Å². The van der Waals surface area contributed by atoms with Gasteiger partial charge in [-0.1, -0.05) is 5.16 Å². The third-order valence-corrected chi connectivity index (χ3v) is 3.61. The number of amides is 3. The molecule has 0 unspecified atom stereocenters. The standard InChI is InChI=1S/C14H22N4O4/c1-10-9-12(17-22-10)16-13(19)11-3-6-18(7-4-11)14(20)15-5-8-21-2/h9,11H,3-8H2,1-2H3,(H,15,20)(H,16,17,19). The van der Waals surface area contributed by atoms with Crippen molar-refractivity contribution in [1.82, 2.24) is 15.4 Å². The lowest BCUT2D eigenvalue weighted by Crippen LogP contribution is -2.46.